The molecule has 0 aliphatic heterocycles. The third kappa shape index (κ3) is 3.37. The van der Waals surface area contributed by atoms with Crippen LogP contribution in [0.1, 0.15) is 27.2 Å². The number of ether oxygens (including phenoxy) is 2. The number of hydrogen-bond donors (Lipinski definition) is 0. The van der Waals surface area contributed by atoms with E-state index in [1.54, 1.807) is 0 Å². The van der Waals surface area contributed by atoms with Crippen LogP contribution in [0.3, 0.4) is 0 Å². The molecule has 4 nitrogen and oxygen atoms in total. The summed E-state index contributed by atoms with van der Waals surface area (Å²) in [5.41, 5.74) is -1.17. The van der Waals surface area contributed by atoms with Crippen molar-refractivity contribution in [3.05, 3.63) is 0 Å². The van der Waals surface area contributed by atoms with E-state index in [-0.39, 0.29) is 6.47 Å². The fourth-order valence-electron chi connectivity index (χ4n) is 0.537. The highest BCUT2D eigenvalue weighted by molar-refractivity contribution is 5.79. The van der Waals surface area contributed by atoms with Crippen molar-refractivity contribution in [2.75, 3.05) is 6.61 Å². The SMILES string of the molecule is CCCOC(=O)C(C)(C)OC=O. The van der Waals surface area contributed by atoms with E-state index in [0.717, 1.165) is 6.42 Å². The Morgan fingerprint density at radius 1 is 1.50 bits per heavy atom. The molecule has 0 bridgehead atoms. The first kappa shape index (κ1) is 10.9. The molecule has 0 saturated heterocycles. The molecule has 0 heterocycles. The summed E-state index contributed by atoms with van der Waals surface area (Å²) >= 11 is 0. The zero-order chi connectivity index (χ0) is 9.61. The van der Waals surface area contributed by atoms with Gasteiger partial charge >= 0.3 is 5.97 Å². The van der Waals surface area contributed by atoms with Gasteiger partial charge in [0.2, 0.25) is 5.60 Å². The lowest BCUT2D eigenvalue weighted by Gasteiger charge is -2.19. The van der Waals surface area contributed by atoms with Gasteiger partial charge in [0.25, 0.3) is 6.47 Å². The van der Waals surface area contributed by atoms with Crippen LogP contribution in [0.4, 0.5) is 0 Å². The van der Waals surface area contributed by atoms with E-state index in [4.69, 9.17) is 4.74 Å². The van der Waals surface area contributed by atoms with Crippen LogP contribution >= 0.6 is 0 Å². The van der Waals surface area contributed by atoms with Crippen molar-refractivity contribution >= 4 is 12.4 Å². The van der Waals surface area contributed by atoms with Crippen LogP contribution in [0.2, 0.25) is 0 Å². The first-order chi connectivity index (χ1) is 5.54. The minimum absolute atomic E-state index is 0.243. The van der Waals surface area contributed by atoms with Crippen molar-refractivity contribution in [2.45, 2.75) is 32.8 Å². The third-order valence-electron chi connectivity index (χ3n) is 1.27. The smallest absolute Gasteiger partial charge is 0.349 e. The number of carbonyl (C=O) groups excluding carboxylic acids is 2. The second-order valence-electron chi connectivity index (χ2n) is 2.86. The summed E-state index contributed by atoms with van der Waals surface area (Å²) in [5, 5.41) is 0. The van der Waals surface area contributed by atoms with Crippen LogP contribution in [0.5, 0.6) is 0 Å². The van der Waals surface area contributed by atoms with Gasteiger partial charge in [0, 0.05) is 0 Å². The van der Waals surface area contributed by atoms with Gasteiger partial charge in [0.15, 0.2) is 0 Å². The predicted octanol–water partition coefficient (Wildman–Crippen LogP) is 0.891. The van der Waals surface area contributed by atoms with Crippen LogP contribution in [-0.4, -0.2) is 24.6 Å². The molecule has 0 rings (SSSR count). The van der Waals surface area contributed by atoms with Gasteiger partial charge in [-0.2, -0.15) is 0 Å². The molecule has 4 heteroatoms. The van der Waals surface area contributed by atoms with Crippen LogP contribution in [0.15, 0.2) is 0 Å². The molecule has 0 aromatic rings. The maximum Gasteiger partial charge on any atom is 0.349 e. The lowest BCUT2D eigenvalue weighted by Crippen LogP contribution is -2.36. The summed E-state index contributed by atoms with van der Waals surface area (Å²) in [6.07, 6.45) is 0.753. The fraction of sp³-hybridized carbons (Fsp3) is 0.750. The minimum atomic E-state index is -1.17. The highest BCUT2D eigenvalue weighted by Gasteiger charge is 2.30. The van der Waals surface area contributed by atoms with Crippen molar-refractivity contribution in [2.24, 2.45) is 0 Å². The highest BCUT2D eigenvalue weighted by Crippen LogP contribution is 2.09. The molecule has 0 aromatic carbocycles. The third-order valence-corrected chi connectivity index (χ3v) is 1.27. The molecule has 0 unspecified atom stereocenters. The Kier molecular flexibility index (Phi) is 4.33. The molecule has 70 valence electrons. The van der Waals surface area contributed by atoms with E-state index in [0.29, 0.717) is 6.61 Å². The van der Waals surface area contributed by atoms with Gasteiger partial charge in [-0.1, -0.05) is 6.92 Å². The van der Waals surface area contributed by atoms with E-state index >= 15 is 0 Å². The van der Waals surface area contributed by atoms with Crippen molar-refractivity contribution < 1.29 is 19.1 Å². The van der Waals surface area contributed by atoms with Gasteiger partial charge in [0.1, 0.15) is 0 Å². The Hall–Kier alpha value is -1.06. The van der Waals surface area contributed by atoms with E-state index in [1.807, 2.05) is 6.92 Å². The molecular formula is C8H14O4. The minimum Gasteiger partial charge on any atom is -0.463 e. The van der Waals surface area contributed by atoms with E-state index in [2.05, 4.69) is 4.74 Å². The molecule has 0 amide bonds. The molecule has 0 saturated carbocycles. The Balaban J connectivity index is 3.96. The van der Waals surface area contributed by atoms with Crippen LogP contribution in [0.25, 0.3) is 0 Å². The van der Waals surface area contributed by atoms with Gasteiger partial charge in [-0.25, -0.2) is 4.79 Å². The molecule has 0 radical (unpaired) electrons. The quantitative estimate of drug-likeness (QED) is 0.459. The zero-order valence-electron chi connectivity index (χ0n) is 7.62. The Labute approximate surface area is 71.8 Å². The van der Waals surface area contributed by atoms with E-state index in [9.17, 15) is 9.59 Å². The summed E-state index contributed by atoms with van der Waals surface area (Å²) in [5.74, 6) is -0.517. The first-order valence-corrected chi connectivity index (χ1v) is 3.83. The largest absolute Gasteiger partial charge is 0.463 e. The lowest BCUT2D eigenvalue weighted by atomic mass is 10.1. The van der Waals surface area contributed by atoms with E-state index < -0.39 is 11.6 Å². The monoisotopic (exact) mass is 174 g/mol. The zero-order valence-corrected chi connectivity index (χ0v) is 7.62. The Bertz CT molecular complexity index is 162. The van der Waals surface area contributed by atoms with Gasteiger partial charge in [-0.15, -0.1) is 0 Å². The molecule has 0 aromatic heterocycles. The first-order valence-electron chi connectivity index (χ1n) is 3.83. The second kappa shape index (κ2) is 4.74. The van der Waals surface area contributed by atoms with Crippen LogP contribution < -0.4 is 0 Å². The van der Waals surface area contributed by atoms with E-state index in [1.165, 1.54) is 13.8 Å². The van der Waals surface area contributed by atoms with Crippen molar-refractivity contribution in [1.82, 2.24) is 0 Å². The van der Waals surface area contributed by atoms with Gasteiger partial charge in [0.05, 0.1) is 6.61 Å². The Morgan fingerprint density at radius 2 is 2.08 bits per heavy atom. The number of hydrogen-bond acceptors (Lipinski definition) is 4. The molecule has 0 atom stereocenters. The average molecular weight is 174 g/mol. The molecule has 0 aliphatic rings. The normalized spacial score (nSPS) is 10.6. The standard InChI is InChI=1S/C8H14O4/c1-4-5-11-7(10)8(2,3)12-6-9/h6H,4-5H2,1-3H3. The number of carbonyl (C=O) groups is 2. The van der Waals surface area contributed by atoms with Gasteiger partial charge in [-0.05, 0) is 20.3 Å². The van der Waals surface area contributed by atoms with Crippen molar-refractivity contribution in [3.63, 3.8) is 0 Å². The summed E-state index contributed by atoms with van der Waals surface area (Å²) in [6, 6.07) is 0. The lowest BCUT2D eigenvalue weighted by molar-refractivity contribution is -0.171. The summed E-state index contributed by atoms with van der Waals surface area (Å²) in [4.78, 5) is 21.1. The number of esters is 1. The summed E-state index contributed by atoms with van der Waals surface area (Å²) in [7, 11) is 0. The summed E-state index contributed by atoms with van der Waals surface area (Å²) < 4.78 is 9.32. The van der Waals surface area contributed by atoms with Gasteiger partial charge in [-0.3, -0.25) is 4.79 Å². The number of rotatable bonds is 5. The molecule has 12 heavy (non-hydrogen) atoms. The molecule has 0 aliphatic carbocycles. The highest BCUT2D eigenvalue weighted by atomic mass is 16.6. The van der Waals surface area contributed by atoms with Crippen LogP contribution in [-0.2, 0) is 19.1 Å². The second-order valence-corrected chi connectivity index (χ2v) is 2.86. The fourth-order valence-corrected chi connectivity index (χ4v) is 0.537. The maximum absolute atomic E-state index is 11.1. The van der Waals surface area contributed by atoms with Crippen molar-refractivity contribution in [1.29, 1.82) is 0 Å². The molecular weight excluding hydrogens is 160 g/mol. The maximum atomic E-state index is 11.1. The predicted molar refractivity (Wildman–Crippen MR) is 42.5 cm³/mol. The molecule has 0 N–H and O–H groups in total. The van der Waals surface area contributed by atoms with Crippen molar-refractivity contribution in [3.8, 4) is 0 Å². The average Bonchev–Trinajstić information content (AvgIpc) is 2.00. The molecule has 0 spiro atoms. The molecule has 0 fully saturated rings. The van der Waals surface area contributed by atoms with Gasteiger partial charge < -0.3 is 9.47 Å². The summed E-state index contributed by atoms with van der Waals surface area (Å²) in [6.45, 7) is 5.46. The Morgan fingerprint density at radius 3 is 2.50 bits per heavy atom. The topological polar surface area (TPSA) is 52.6 Å². The van der Waals surface area contributed by atoms with Crippen LogP contribution in [0, 0.1) is 0 Å².